The normalized spacial score (nSPS) is 10.3. The van der Waals surface area contributed by atoms with Gasteiger partial charge in [-0.05, 0) is 50.5 Å². The van der Waals surface area contributed by atoms with Gasteiger partial charge in [-0.3, -0.25) is 9.78 Å². The first-order chi connectivity index (χ1) is 13.5. The first-order valence-corrected chi connectivity index (χ1v) is 8.75. The van der Waals surface area contributed by atoms with Crippen molar-refractivity contribution in [2.45, 2.75) is 0 Å². The van der Waals surface area contributed by atoms with E-state index in [1.807, 2.05) is 38.4 Å². The molecule has 0 saturated heterocycles. The zero-order valence-corrected chi connectivity index (χ0v) is 17.0. The third kappa shape index (κ3) is 6.13. The summed E-state index contributed by atoms with van der Waals surface area (Å²) in [4.78, 5) is 27.0. The standard InChI is InChI=1S/C20H22N6O2.ClH/c1-26(2)10-11-28-16-7-5-14(6-8-16)17-13-23-19(21)18(25-17)20(27)24-15-4-3-9-22-12-15;/h3-9,12-13H,10-11H2,1-2H3,(H2,21,23)(H,24,27);1H. The van der Waals surface area contributed by atoms with Crippen LogP contribution in [0, 0.1) is 0 Å². The van der Waals surface area contributed by atoms with Crippen LogP contribution in [-0.4, -0.2) is 53.0 Å². The zero-order chi connectivity index (χ0) is 19.9. The smallest absolute Gasteiger partial charge is 0.278 e. The molecule has 152 valence electrons. The largest absolute Gasteiger partial charge is 0.492 e. The maximum Gasteiger partial charge on any atom is 0.278 e. The fourth-order valence-corrected chi connectivity index (χ4v) is 2.40. The summed E-state index contributed by atoms with van der Waals surface area (Å²) in [6.07, 6.45) is 4.71. The number of nitrogens with zero attached hydrogens (tertiary/aromatic N) is 4. The molecule has 0 radical (unpaired) electrons. The van der Waals surface area contributed by atoms with Gasteiger partial charge in [0.05, 0.1) is 23.8 Å². The summed E-state index contributed by atoms with van der Waals surface area (Å²) >= 11 is 0. The van der Waals surface area contributed by atoms with E-state index in [1.165, 1.54) is 6.20 Å². The van der Waals surface area contributed by atoms with Crippen molar-refractivity contribution >= 4 is 29.8 Å². The number of halogens is 1. The van der Waals surface area contributed by atoms with E-state index in [0.29, 0.717) is 18.0 Å². The SMILES string of the molecule is CN(C)CCOc1ccc(-c2cnc(N)c(C(=O)Nc3cccnc3)n2)cc1.Cl. The predicted octanol–water partition coefficient (Wildman–Crippen LogP) is 2.74. The minimum Gasteiger partial charge on any atom is -0.492 e. The molecule has 0 aliphatic rings. The molecule has 0 aliphatic carbocycles. The first-order valence-electron chi connectivity index (χ1n) is 8.75. The number of hydrogen-bond acceptors (Lipinski definition) is 7. The Balaban J connectivity index is 0.00000300. The Morgan fingerprint density at radius 1 is 1.17 bits per heavy atom. The van der Waals surface area contributed by atoms with E-state index in [9.17, 15) is 4.79 Å². The lowest BCUT2D eigenvalue weighted by Crippen LogP contribution is -2.19. The Kier molecular flexibility index (Phi) is 7.88. The van der Waals surface area contributed by atoms with Crippen LogP contribution in [0.2, 0.25) is 0 Å². The summed E-state index contributed by atoms with van der Waals surface area (Å²) in [5.41, 5.74) is 7.82. The number of aromatic nitrogens is 3. The molecule has 2 aromatic heterocycles. The monoisotopic (exact) mass is 414 g/mol. The number of rotatable bonds is 7. The molecular weight excluding hydrogens is 392 g/mol. The number of anilines is 2. The summed E-state index contributed by atoms with van der Waals surface area (Å²) < 4.78 is 5.69. The van der Waals surface area contributed by atoms with Gasteiger partial charge in [-0.2, -0.15) is 0 Å². The number of nitrogen functional groups attached to an aromatic ring is 1. The number of ether oxygens (including phenoxy) is 1. The molecule has 1 amide bonds. The number of nitrogens with two attached hydrogens (primary N) is 1. The van der Waals surface area contributed by atoms with E-state index < -0.39 is 5.91 Å². The molecule has 0 aliphatic heterocycles. The van der Waals surface area contributed by atoms with Crippen molar-refractivity contribution in [3.05, 3.63) is 60.7 Å². The van der Waals surface area contributed by atoms with Crippen molar-refractivity contribution in [1.82, 2.24) is 19.9 Å². The second-order valence-electron chi connectivity index (χ2n) is 6.36. The number of nitrogens with one attached hydrogen (secondary N) is 1. The Morgan fingerprint density at radius 3 is 2.59 bits per heavy atom. The van der Waals surface area contributed by atoms with Crippen LogP contribution in [0.3, 0.4) is 0 Å². The zero-order valence-electron chi connectivity index (χ0n) is 16.2. The van der Waals surface area contributed by atoms with E-state index in [0.717, 1.165) is 17.9 Å². The number of benzene rings is 1. The van der Waals surface area contributed by atoms with E-state index in [-0.39, 0.29) is 23.9 Å². The molecule has 2 heterocycles. The van der Waals surface area contributed by atoms with Gasteiger partial charge in [0.25, 0.3) is 5.91 Å². The molecule has 0 spiro atoms. The Bertz CT molecular complexity index is 935. The Morgan fingerprint density at radius 2 is 1.93 bits per heavy atom. The molecule has 0 fully saturated rings. The lowest BCUT2D eigenvalue weighted by atomic mass is 10.1. The molecule has 3 aromatic rings. The van der Waals surface area contributed by atoms with Crippen molar-refractivity contribution in [3.8, 4) is 17.0 Å². The highest BCUT2D eigenvalue weighted by molar-refractivity contribution is 6.05. The molecule has 29 heavy (non-hydrogen) atoms. The van der Waals surface area contributed by atoms with Gasteiger partial charge < -0.3 is 20.7 Å². The molecule has 0 unspecified atom stereocenters. The van der Waals surface area contributed by atoms with E-state index in [4.69, 9.17) is 10.5 Å². The van der Waals surface area contributed by atoms with Crippen LogP contribution in [-0.2, 0) is 0 Å². The summed E-state index contributed by atoms with van der Waals surface area (Å²) in [5, 5.41) is 2.71. The highest BCUT2D eigenvalue weighted by Gasteiger charge is 2.15. The van der Waals surface area contributed by atoms with Gasteiger partial charge in [0.2, 0.25) is 0 Å². The number of hydrogen-bond donors (Lipinski definition) is 2. The van der Waals surface area contributed by atoms with Gasteiger partial charge in [0.15, 0.2) is 11.5 Å². The van der Waals surface area contributed by atoms with Crippen LogP contribution in [0.5, 0.6) is 5.75 Å². The van der Waals surface area contributed by atoms with Gasteiger partial charge in [-0.15, -0.1) is 12.4 Å². The number of pyridine rings is 1. The third-order valence-corrected chi connectivity index (χ3v) is 3.89. The summed E-state index contributed by atoms with van der Waals surface area (Å²) in [6, 6.07) is 10.9. The average molecular weight is 415 g/mol. The molecule has 1 aromatic carbocycles. The minimum atomic E-state index is -0.441. The van der Waals surface area contributed by atoms with Gasteiger partial charge in [0, 0.05) is 18.3 Å². The fourth-order valence-electron chi connectivity index (χ4n) is 2.40. The van der Waals surface area contributed by atoms with Gasteiger partial charge >= 0.3 is 0 Å². The van der Waals surface area contributed by atoms with Crippen LogP contribution in [0.25, 0.3) is 11.3 Å². The van der Waals surface area contributed by atoms with Crippen LogP contribution in [0.15, 0.2) is 55.0 Å². The highest BCUT2D eigenvalue weighted by atomic mass is 35.5. The maximum atomic E-state index is 12.5. The maximum absolute atomic E-state index is 12.5. The second kappa shape index (κ2) is 10.4. The van der Waals surface area contributed by atoms with Crippen molar-refractivity contribution in [2.75, 3.05) is 38.3 Å². The Hall–Kier alpha value is -3.23. The number of carbonyl (C=O) groups is 1. The molecule has 0 saturated carbocycles. The molecule has 9 heteroatoms. The van der Waals surface area contributed by atoms with E-state index in [2.05, 4.69) is 25.2 Å². The predicted molar refractivity (Wildman–Crippen MR) is 115 cm³/mol. The van der Waals surface area contributed by atoms with Crippen LogP contribution < -0.4 is 15.8 Å². The van der Waals surface area contributed by atoms with Crippen LogP contribution in [0.4, 0.5) is 11.5 Å². The summed E-state index contributed by atoms with van der Waals surface area (Å²) in [6.45, 7) is 1.44. The molecule has 3 N–H and O–H groups in total. The Labute approximate surface area is 175 Å². The topological polar surface area (TPSA) is 106 Å². The van der Waals surface area contributed by atoms with E-state index in [1.54, 1.807) is 24.5 Å². The third-order valence-electron chi connectivity index (χ3n) is 3.89. The lowest BCUT2D eigenvalue weighted by molar-refractivity contribution is 0.102. The van der Waals surface area contributed by atoms with Gasteiger partial charge in [-0.25, -0.2) is 9.97 Å². The highest BCUT2D eigenvalue weighted by Crippen LogP contribution is 2.22. The molecule has 0 bridgehead atoms. The molecular formula is C20H23ClN6O2. The molecule has 8 nitrogen and oxygen atoms in total. The van der Waals surface area contributed by atoms with E-state index >= 15 is 0 Å². The van der Waals surface area contributed by atoms with Crippen LogP contribution >= 0.6 is 12.4 Å². The van der Waals surface area contributed by atoms with Crippen molar-refractivity contribution < 1.29 is 9.53 Å². The minimum absolute atomic E-state index is 0. The molecule has 3 rings (SSSR count). The van der Waals surface area contributed by atoms with Crippen molar-refractivity contribution in [1.29, 1.82) is 0 Å². The summed E-state index contributed by atoms with van der Waals surface area (Å²) in [5.74, 6) is 0.390. The fraction of sp³-hybridized carbons (Fsp3) is 0.200. The molecule has 0 atom stereocenters. The summed E-state index contributed by atoms with van der Waals surface area (Å²) in [7, 11) is 3.99. The quantitative estimate of drug-likeness (QED) is 0.612. The number of amides is 1. The number of carbonyl (C=O) groups excluding carboxylic acids is 1. The van der Waals surface area contributed by atoms with Crippen LogP contribution in [0.1, 0.15) is 10.5 Å². The number of likely N-dealkylation sites (N-methyl/N-ethyl adjacent to an activating group) is 1. The van der Waals surface area contributed by atoms with Gasteiger partial charge in [0.1, 0.15) is 12.4 Å². The average Bonchev–Trinajstić information content (AvgIpc) is 2.69. The van der Waals surface area contributed by atoms with Crippen molar-refractivity contribution in [3.63, 3.8) is 0 Å². The second-order valence-corrected chi connectivity index (χ2v) is 6.36. The van der Waals surface area contributed by atoms with Crippen molar-refractivity contribution in [2.24, 2.45) is 0 Å². The van der Waals surface area contributed by atoms with Gasteiger partial charge in [-0.1, -0.05) is 0 Å². The lowest BCUT2D eigenvalue weighted by Gasteiger charge is -2.11. The first kappa shape index (κ1) is 22.1.